The number of benzene rings is 1. The highest BCUT2D eigenvalue weighted by Gasteiger charge is 2.00. The molecule has 0 aliphatic carbocycles. The Balaban J connectivity index is 1.60. The molecule has 21 heavy (non-hydrogen) atoms. The topological polar surface area (TPSA) is 51.6 Å². The molecule has 1 aromatic heterocycles. The van der Waals surface area contributed by atoms with Crippen molar-refractivity contribution in [2.24, 2.45) is 0 Å². The largest absolute Gasteiger partial charge is 0.494 e. The Hall–Kier alpha value is -1.59. The first-order chi connectivity index (χ1) is 10.4. The monoisotopic (exact) mass is 304 g/mol. The highest BCUT2D eigenvalue weighted by atomic mass is 32.2. The smallest absolute Gasteiger partial charge is 0.187 e. The lowest BCUT2D eigenvalue weighted by molar-refractivity contribution is -0.670. The summed E-state index contributed by atoms with van der Waals surface area (Å²) < 4.78 is 5.51. The van der Waals surface area contributed by atoms with E-state index in [4.69, 9.17) is 4.74 Å². The van der Waals surface area contributed by atoms with Crippen LogP contribution in [0.4, 0.5) is 0 Å². The van der Waals surface area contributed by atoms with Crippen LogP contribution >= 0.6 is 11.8 Å². The van der Waals surface area contributed by atoms with Gasteiger partial charge in [0.05, 0.1) is 13.2 Å². The fourth-order valence-corrected chi connectivity index (χ4v) is 2.71. The summed E-state index contributed by atoms with van der Waals surface area (Å²) in [6.45, 7) is 4.82. The van der Waals surface area contributed by atoms with Crippen LogP contribution in [0.15, 0.2) is 47.9 Å². The molecule has 4 nitrogen and oxygen atoms in total. The lowest BCUT2D eigenvalue weighted by Gasteiger charge is -2.05. The maximum atomic E-state index is 5.51. The number of thioether (sulfide) groups is 1. The molecule has 0 aliphatic heterocycles. The molecule has 112 valence electrons. The predicted molar refractivity (Wildman–Crippen MR) is 85.5 cm³/mol. The molecule has 5 heteroatoms. The summed E-state index contributed by atoms with van der Waals surface area (Å²) in [6.07, 6.45) is 4.72. The normalized spacial score (nSPS) is 10.5. The van der Waals surface area contributed by atoms with Gasteiger partial charge in [-0.2, -0.15) is 0 Å². The zero-order valence-corrected chi connectivity index (χ0v) is 13.2. The van der Waals surface area contributed by atoms with E-state index < -0.39 is 0 Å². The van der Waals surface area contributed by atoms with Crippen LogP contribution in [0.1, 0.15) is 18.9 Å². The molecule has 2 aromatic rings. The summed E-state index contributed by atoms with van der Waals surface area (Å²) in [4.78, 5) is 8.40. The number of ether oxygens (including phenoxy) is 1. The summed E-state index contributed by atoms with van der Waals surface area (Å²) in [6, 6.07) is 10.2. The standard InChI is InChI=1S/C16H21N3OS/c1-2-20-15-7-3-6-14(12-15)13-17-8-5-11-21-16-18-9-4-10-19-16/h3-4,6-7,9-10,12,17H,2,5,8,11,13H2,1H3/p+1. The Bertz CT molecular complexity index is 522. The van der Waals surface area contributed by atoms with Gasteiger partial charge in [-0.25, -0.2) is 9.97 Å². The molecule has 0 unspecified atom stereocenters. The van der Waals surface area contributed by atoms with Gasteiger partial charge in [0.1, 0.15) is 12.3 Å². The first-order valence-corrected chi connectivity index (χ1v) is 8.30. The van der Waals surface area contributed by atoms with Crippen molar-refractivity contribution in [1.82, 2.24) is 9.97 Å². The van der Waals surface area contributed by atoms with Crippen molar-refractivity contribution in [1.29, 1.82) is 0 Å². The zero-order valence-electron chi connectivity index (χ0n) is 12.4. The molecular weight excluding hydrogens is 282 g/mol. The summed E-state index contributed by atoms with van der Waals surface area (Å²) in [5, 5.41) is 3.19. The molecule has 2 N–H and O–H groups in total. The Morgan fingerprint density at radius 1 is 1.19 bits per heavy atom. The van der Waals surface area contributed by atoms with Crippen molar-refractivity contribution in [3.8, 4) is 5.75 Å². The minimum absolute atomic E-state index is 0.714. The van der Waals surface area contributed by atoms with Crippen molar-refractivity contribution in [3.05, 3.63) is 48.3 Å². The predicted octanol–water partition coefficient (Wildman–Crippen LogP) is 2.12. The number of hydrogen-bond donors (Lipinski definition) is 1. The molecule has 0 saturated heterocycles. The van der Waals surface area contributed by atoms with Crippen molar-refractivity contribution in [2.45, 2.75) is 25.0 Å². The average molecular weight is 304 g/mol. The van der Waals surface area contributed by atoms with Gasteiger partial charge < -0.3 is 10.1 Å². The van der Waals surface area contributed by atoms with E-state index in [9.17, 15) is 0 Å². The van der Waals surface area contributed by atoms with Gasteiger partial charge in [0.15, 0.2) is 5.16 Å². The lowest BCUT2D eigenvalue weighted by Crippen LogP contribution is -2.82. The number of nitrogens with zero attached hydrogens (tertiary/aromatic N) is 2. The third-order valence-electron chi connectivity index (χ3n) is 2.92. The molecular formula is C16H22N3OS+. The van der Waals surface area contributed by atoms with Crippen molar-refractivity contribution in [3.63, 3.8) is 0 Å². The van der Waals surface area contributed by atoms with E-state index in [1.807, 2.05) is 19.1 Å². The molecule has 0 saturated carbocycles. The van der Waals surface area contributed by atoms with Gasteiger partial charge in [0.2, 0.25) is 0 Å². The van der Waals surface area contributed by atoms with E-state index in [0.717, 1.165) is 36.2 Å². The minimum atomic E-state index is 0.714. The van der Waals surface area contributed by atoms with Crippen molar-refractivity contribution < 1.29 is 10.1 Å². The van der Waals surface area contributed by atoms with Gasteiger partial charge in [0, 0.05) is 30.1 Å². The van der Waals surface area contributed by atoms with Crippen LogP contribution < -0.4 is 10.1 Å². The second-order valence-corrected chi connectivity index (χ2v) is 5.66. The fraction of sp³-hybridized carbons (Fsp3) is 0.375. The Morgan fingerprint density at radius 2 is 2.05 bits per heavy atom. The number of hydrogen-bond acceptors (Lipinski definition) is 4. The second kappa shape index (κ2) is 9.37. The van der Waals surface area contributed by atoms with Crippen LogP contribution in [-0.2, 0) is 6.54 Å². The molecule has 0 fully saturated rings. The fourth-order valence-electron chi connectivity index (χ4n) is 1.95. The molecule has 0 spiro atoms. The van der Waals surface area contributed by atoms with E-state index >= 15 is 0 Å². The molecule has 0 amide bonds. The Kier molecular flexibility index (Phi) is 7.04. The van der Waals surface area contributed by atoms with Gasteiger partial charge in [-0.05, 0) is 25.1 Å². The van der Waals surface area contributed by atoms with Gasteiger partial charge >= 0.3 is 0 Å². The molecule has 1 aromatic carbocycles. The van der Waals surface area contributed by atoms with E-state index in [1.165, 1.54) is 5.56 Å². The van der Waals surface area contributed by atoms with Crippen LogP contribution in [0, 0.1) is 0 Å². The van der Waals surface area contributed by atoms with E-state index in [2.05, 4.69) is 33.5 Å². The summed E-state index contributed by atoms with van der Waals surface area (Å²) in [7, 11) is 0. The first kappa shape index (κ1) is 15.8. The van der Waals surface area contributed by atoms with E-state index in [0.29, 0.717) is 6.61 Å². The third kappa shape index (κ3) is 6.14. The summed E-state index contributed by atoms with van der Waals surface area (Å²) >= 11 is 1.71. The van der Waals surface area contributed by atoms with Crippen LogP contribution in [0.2, 0.25) is 0 Å². The van der Waals surface area contributed by atoms with Crippen LogP contribution in [-0.4, -0.2) is 28.9 Å². The Morgan fingerprint density at radius 3 is 2.86 bits per heavy atom. The van der Waals surface area contributed by atoms with Gasteiger partial charge in [0.25, 0.3) is 0 Å². The maximum absolute atomic E-state index is 5.51. The molecule has 0 aliphatic rings. The highest BCUT2D eigenvalue weighted by Crippen LogP contribution is 2.12. The number of aromatic nitrogens is 2. The maximum Gasteiger partial charge on any atom is 0.187 e. The van der Waals surface area contributed by atoms with Gasteiger partial charge in [-0.15, -0.1) is 0 Å². The third-order valence-corrected chi connectivity index (χ3v) is 3.88. The molecule has 0 atom stereocenters. The second-order valence-electron chi connectivity index (χ2n) is 4.60. The average Bonchev–Trinajstić information content (AvgIpc) is 2.52. The molecule has 0 bridgehead atoms. The van der Waals surface area contributed by atoms with E-state index in [-0.39, 0.29) is 0 Å². The quantitative estimate of drug-likeness (QED) is 0.438. The van der Waals surface area contributed by atoms with Crippen LogP contribution in [0.5, 0.6) is 5.75 Å². The number of nitrogens with two attached hydrogens (primary N) is 1. The lowest BCUT2D eigenvalue weighted by atomic mass is 10.2. The molecule has 2 rings (SSSR count). The van der Waals surface area contributed by atoms with Gasteiger partial charge in [-0.3, -0.25) is 0 Å². The minimum Gasteiger partial charge on any atom is -0.494 e. The first-order valence-electron chi connectivity index (χ1n) is 7.31. The molecule has 1 heterocycles. The summed E-state index contributed by atoms with van der Waals surface area (Å²) in [5.41, 5.74) is 1.31. The van der Waals surface area contributed by atoms with Crippen LogP contribution in [0.25, 0.3) is 0 Å². The number of rotatable bonds is 9. The van der Waals surface area contributed by atoms with Crippen LogP contribution in [0.3, 0.4) is 0 Å². The van der Waals surface area contributed by atoms with Crippen molar-refractivity contribution >= 4 is 11.8 Å². The number of quaternary nitrogens is 1. The zero-order chi connectivity index (χ0) is 14.8. The van der Waals surface area contributed by atoms with Gasteiger partial charge in [-0.1, -0.05) is 23.9 Å². The summed E-state index contributed by atoms with van der Waals surface area (Å²) in [5.74, 6) is 2.01. The van der Waals surface area contributed by atoms with Crippen molar-refractivity contribution in [2.75, 3.05) is 18.9 Å². The molecule has 0 radical (unpaired) electrons. The highest BCUT2D eigenvalue weighted by molar-refractivity contribution is 7.99. The SMILES string of the molecule is CCOc1cccc(C[NH2+]CCCSc2ncccn2)c1. The van der Waals surface area contributed by atoms with E-state index in [1.54, 1.807) is 24.2 Å². The Labute approximate surface area is 130 Å².